The normalized spacial score (nSPS) is 10.7. The summed E-state index contributed by atoms with van der Waals surface area (Å²) in [4.78, 5) is 0. The van der Waals surface area contributed by atoms with Crippen LogP contribution in [0, 0.1) is 0 Å². The van der Waals surface area contributed by atoms with Gasteiger partial charge in [-0.1, -0.05) is 54.6 Å². The van der Waals surface area contributed by atoms with Gasteiger partial charge in [0.15, 0.2) is 0 Å². The van der Waals surface area contributed by atoms with Crippen LogP contribution in [-0.4, -0.2) is 10.3 Å². The van der Waals surface area contributed by atoms with Crippen LogP contribution in [0.4, 0.5) is 5.69 Å². The third-order valence-corrected chi connectivity index (χ3v) is 3.47. The molecule has 3 N–H and O–H groups in total. The molecule has 0 fully saturated rings. The minimum atomic E-state index is 0.0926. The molecule has 0 aliphatic heterocycles. The van der Waals surface area contributed by atoms with E-state index in [9.17, 15) is 5.11 Å². The van der Waals surface area contributed by atoms with Gasteiger partial charge >= 0.3 is 0 Å². The highest BCUT2D eigenvalue weighted by molar-refractivity contribution is 5.92. The van der Waals surface area contributed by atoms with E-state index in [1.54, 1.807) is 6.07 Å². The minimum absolute atomic E-state index is 0.0926. The van der Waals surface area contributed by atoms with Crippen LogP contribution in [0.1, 0.15) is 11.1 Å². The Kier molecular flexibility index (Phi) is 3.27. The molecule has 3 aromatic rings. The maximum absolute atomic E-state index is 10.3. The summed E-state index contributed by atoms with van der Waals surface area (Å²) in [6.07, 6.45) is 0.614. The molecule has 0 spiro atoms. The summed E-state index contributed by atoms with van der Waals surface area (Å²) in [7, 11) is 0. The maximum atomic E-state index is 10.3. The molecule has 0 aromatic heterocycles. The fourth-order valence-electron chi connectivity index (χ4n) is 2.48. The SMILES string of the molecule is ONc1cc2ccccc2c(Cc2ccccc2)c1O. The van der Waals surface area contributed by atoms with Crippen LogP contribution in [0.3, 0.4) is 0 Å². The maximum Gasteiger partial charge on any atom is 0.145 e. The number of rotatable bonds is 3. The summed E-state index contributed by atoms with van der Waals surface area (Å²) in [6.45, 7) is 0. The molecular formula is C17H15NO2. The lowest BCUT2D eigenvalue weighted by Crippen LogP contribution is -1.96. The first-order valence-electron chi connectivity index (χ1n) is 6.47. The number of phenolic OH excluding ortho intramolecular Hbond substituents is 1. The molecule has 3 rings (SSSR count). The summed E-state index contributed by atoms with van der Waals surface area (Å²) in [5.74, 6) is 0.0926. The van der Waals surface area contributed by atoms with E-state index in [1.165, 1.54) is 0 Å². The molecule has 100 valence electrons. The average molecular weight is 265 g/mol. The third-order valence-electron chi connectivity index (χ3n) is 3.47. The zero-order valence-electron chi connectivity index (χ0n) is 10.9. The van der Waals surface area contributed by atoms with Crippen LogP contribution >= 0.6 is 0 Å². The lowest BCUT2D eigenvalue weighted by Gasteiger charge is -2.13. The molecule has 20 heavy (non-hydrogen) atoms. The Labute approximate surface area is 117 Å². The first kappa shape index (κ1) is 12.5. The van der Waals surface area contributed by atoms with Gasteiger partial charge in [-0.2, -0.15) is 0 Å². The van der Waals surface area contributed by atoms with Gasteiger partial charge in [0.1, 0.15) is 11.4 Å². The van der Waals surface area contributed by atoms with E-state index in [1.807, 2.05) is 54.6 Å². The number of phenols is 1. The highest BCUT2D eigenvalue weighted by Crippen LogP contribution is 2.36. The second-order valence-electron chi connectivity index (χ2n) is 4.75. The van der Waals surface area contributed by atoms with Gasteiger partial charge in [0, 0.05) is 12.0 Å². The minimum Gasteiger partial charge on any atom is -0.505 e. The molecule has 0 heterocycles. The second-order valence-corrected chi connectivity index (χ2v) is 4.75. The summed E-state index contributed by atoms with van der Waals surface area (Å²) < 4.78 is 0. The number of fused-ring (bicyclic) bond motifs is 1. The van der Waals surface area contributed by atoms with Gasteiger partial charge in [0.2, 0.25) is 0 Å². The average Bonchev–Trinajstić information content (AvgIpc) is 2.51. The quantitative estimate of drug-likeness (QED) is 0.496. The molecule has 0 unspecified atom stereocenters. The number of anilines is 1. The van der Waals surface area contributed by atoms with E-state index < -0.39 is 0 Å². The zero-order valence-corrected chi connectivity index (χ0v) is 10.9. The number of nitrogens with one attached hydrogen (secondary N) is 1. The van der Waals surface area contributed by atoms with Crippen molar-refractivity contribution in [2.45, 2.75) is 6.42 Å². The lowest BCUT2D eigenvalue weighted by molar-refractivity contribution is 0.380. The predicted molar refractivity (Wildman–Crippen MR) is 80.3 cm³/mol. The number of hydrogen-bond donors (Lipinski definition) is 3. The van der Waals surface area contributed by atoms with Gasteiger partial charge in [-0.25, -0.2) is 0 Å². The molecule has 0 amide bonds. The van der Waals surface area contributed by atoms with Crippen molar-refractivity contribution in [1.29, 1.82) is 0 Å². The van der Waals surface area contributed by atoms with Crippen LogP contribution in [0.2, 0.25) is 0 Å². The Balaban J connectivity index is 2.19. The Morgan fingerprint density at radius 2 is 1.60 bits per heavy atom. The van der Waals surface area contributed by atoms with Crippen molar-refractivity contribution >= 4 is 16.5 Å². The molecule has 0 aliphatic carbocycles. The second kappa shape index (κ2) is 5.23. The van der Waals surface area contributed by atoms with Gasteiger partial charge in [-0.15, -0.1) is 0 Å². The van der Waals surface area contributed by atoms with Gasteiger partial charge in [0.05, 0.1) is 0 Å². The summed E-state index contributed by atoms with van der Waals surface area (Å²) in [6, 6.07) is 19.5. The molecule has 3 nitrogen and oxygen atoms in total. The number of aromatic hydroxyl groups is 1. The highest BCUT2D eigenvalue weighted by atomic mass is 16.5. The van der Waals surface area contributed by atoms with Gasteiger partial charge in [-0.05, 0) is 22.4 Å². The topological polar surface area (TPSA) is 52.5 Å². The summed E-state index contributed by atoms with van der Waals surface area (Å²) in [5, 5.41) is 21.5. The molecule has 0 bridgehead atoms. The number of benzene rings is 3. The lowest BCUT2D eigenvalue weighted by atomic mass is 9.96. The van der Waals surface area contributed by atoms with Crippen LogP contribution in [0.15, 0.2) is 60.7 Å². The van der Waals surface area contributed by atoms with Crippen molar-refractivity contribution in [2.24, 2.45) is 0 Å². The first-order chi connectivity index (χ1) is 9.79. The molecule has 0 atom stereocenters. The monoisotopic (exact) mass is 265 g/mol. The predicted octanol–water partition coefficient (Wildman–Crippen LogP) is 3.94. The summed E-state index contributed by atoms with van der Waals surface area (Å²) in [5.41, 5.74) is 4.32. The number of hydrogen-bond acceptors (Lipinski definition) is 3. The van der Waals surface area contributed by atoms with Crippen molar-refractivity contribution in [3.05, 3.63) is 71.8 Å². The molecule has 3 aromatic carbocycles. The van der Waals surface area contributed by atoms with E-state index in [4.69, 9.17) is 5.21 Å². The van der Waals surface area contributed by atoms with E-state index in [2.05, 4.69) is 5.48 Å². The molecule has 3 heteroatoms. The molecule has 0 aliphatic rings. The Morgan fingerprint density at radius 3 is 2.35 bits per heavy atom. The summed E-state index contributed by atoms with van der Waals surface area (Å²) >= 11 is 0. The van der Waals surface area contributed by atoms with Crippen LogP contribution < -0.4 is 5.48 Å². The van der Waals surface area contributed by atoms with Crippen molar-refractivity contribution in [2.75, 3.05) is 5.48 Å². The Hall–Kier alpha value is -2.52. The van der Waals surface area contributed by atoms with Crippen LogP contribution in [-0.2, 0) is 6.42 Å². The van der Waals surface area contributed by atoms with Gasteiger partial charge in [-0.3, -0.25) is 10.7 Å². The molecule has 0 saturated heterocycles. The molecule has 0 saturated carbocycles. The highest BCUT2D eigenvalue weighted by Gasteiger charge is 2.12. The third kappa shape index (κ3) is 2.19. The van der Waals surface area contributed by atoms with E-state index in [0.717, 1.165) is 21.9 Å². The van der Waals surface area contributed by atoms with Gasteiger partial charge < -0.3 is 5.11 Å². The smallest absolute Gasteiger partial charge is 0.145 e. The zero-order chi connectivity index (χ0) is 13.9. The van der Waals surface area contributed by atoms with Crippen molar-refractivity contribution in [3.8, 4) is 5.75 Å². The fraction of sp³-hybridized carbons (Fsp3) is 0.0588. The fourth-order valence-corrected chi connectivity index (χ4v) is 2.48. The van der Waals surface area contributed by atoms with Crippen molar-refractivity contribution in [3.63, 3.8) is 0 Å². The Bertz CT molecular complexity index is 739. The first-order valence-corrected chi connectivity index (χ1v) is 6.47. The largest absolute Gasteiger partial charge is 0.505 e. The molecular weight excluding hydrogens is 250 g/mol. The van der Waals surface area contributed by atoms with Crippen LogP contribution in [0.25, 0.3) is 10.8 Å². The van der Waals surface area contributed by atoms with Crippen LogP contribution in [0.5, 0.6) is 5.75 Å². The van der Waals surface area contributed by atoms with E-state index in [-0.39, 0.29) is 5.75 Å². The van der Waals surface area contributed by atoms with E-state index in [0.29, 0.717) is 12.1 Å². The van der Waals surface area contributed by atoms with Gasteiger partial charge in [0.25, 0.3) is 0 Å². The molecule has 0 radical (unpaired) electrons. The Morgan fingerprint density at radius 1 is 0.900 bits per heavy atom. The van der Waals surface area contributed by atoms with Crippen molar-refractivity contribution < 1.29 is 10.3 Å². The standard InChI is InChI=1S/C17H15NO2/c19-17-15(10-12-6-2-1-3-7-12)14-9-5-4-8-13(14)11-16(17)18-20/h1-9,11,18-20H,10H2. The van der Waals surface area contributed by atoms with Crippen molar-refractivity contribution in [1.82, 2.24) is 0 Å². The van der Waals surface area contributed by atoms with E-state index >= 15 is 0 Å².